The van der Waals surface area contributed by atoms with E-state index in [2.05, 4.69) is 5.32 Å². The van der Waals surface area contributed by atoms with E-state index in [1.54, 1.807) is 18.2 Å². The quantitative estimate of drug-likeness (QED) is 0.521. The first kappa shape index (κ1) is 25.0. The summed E-state index contributed by atoms with van der Waals surface area (Å²) >= 11 is 12.7. The minimum absolute atomic E-state index is 0.113. The smallest absolute Gasteiger partial charge is 0.261 e. The molecule has 31 heavy (non-hydrogen) atoms. The molecule has 1 atom stereocenters. The highest BCUT2D eigenvalue weighted by atomic mass is 35.5. The Hall–Kier alpha value is -2.24. The van der Waals surface area contributed by atoms with Crippen molar-refractivity contribution in [2.45, 2.75) is 46.7 Å². The Balaban J connectivity index is 2.28. The van der Waals surface area contributed by atoms with Gasteiger partial charge >= 0.3 is 0 Å². The van der Waals surface area contributed by atoms with Crippen molar-refractivity contribution in [1.29, 1.82) is 0 Å². The Morgan fingerprint density at radius 2 is 1.71 bits per heavy atom. The standard InChI is InChI=1S/C24H30Cl2N2O3/c1-5-21(24(30)27-13-16(2)3)28(14-18-19(25)10-8-11-20(18)26)23(29)15-31-22-12-7-6-9-17(22)4/h6-12,16,21H,5,13-15H2,1-4H3,(H,27,30)/t21-/m0/s1. The van der Waals surface area contributed by atoms with Gasteiger partial charge in [-0.3, -0.25) is 9.59 Å². The van der Waals surface area contributed by atoms with Crippen molar-refractivity contribution in [3.8, 4) is 5.75 Å². The molecule has 2 amide bonds. The highest BCUT2D eigenvalue weighted by Crippen LogP contribution is 2.27. The van der Waals surface area contributed by atoms with E-state index in [0.29, 0.717) is 40.2 Å². The molecule has 0 aliphatic heterocycles. The molecule has 0 saturated heterocycles. The third kappa shape index (κ3) is 7.15. The second kappa shape index (κ2) is 12.0. The number of hydrogen-bond donors (Lipinski definition) is 1. The molecular formula is C24H30Cl2N2O3. The summed E-state index contributed by atoms with van der Waals surface area (Å²) in [6.45, 7) is 8.27. The number of aryl methyl sites for hydroxylation is 1. The van der Waals surface area contributed by atoms with Crippen LogP contribution >= 0.6 is 23.2 Å². The largest absolute Gasteiger partial charge is 0.484 e. The maximum Gasteiger partial charge on any atom is 0.261 e. The van der Waals surface area contributed by atoms with E-state index in [1.165, 1.54) is 4.90 Å². The summed E-state index contributed by atoms with van der Waals surface area (Å²) in [5.74, 6) is 0.409. The summed E-state index contributed by atoms with van der Waals surface area (Å²) < 4.78 is 5.76. The van der Waals surface area contributed by atoms with Crippen LogP contribution in [0, 0.1) is 12.8 Å². The fraction of sp³-hybridized carbons (Fsp3) is 0.417. The summed E-state index contributed by atoms with van der Waals surface area (Å²) in [5.41, 5.74) is 1.53. The number of amides is 2. The molecule has 0 radical (unpaired) electrons. The fourth-order valence-corrected chi connectivity index (χ4v) is 3.65. The molecule has 0 unspecified atom stereocenters. The molecule has 168 valence electrons. The van der Waals surface area contributed by atoms with Crippen molar-refractivity contribution in [1.82, 2.24) is 10.2 Å². The number of ether oxygens (including phenoxy) is 1. The summed E-state index contributed by atoms with van der Waals surface area (Å²) in [5, 5.41) is 3.82. The highest BCUT2D eigenvalue weighted by Gasteiger charge is 2.30. The van der Waals surface area contributed by atoms with Gasteiger partial charge in [0.05, 0.1) is 0 Å². The molecule has 0 spiro atoms. The van der Waals surface area contributed by atoms with Gasteiger partial charge in [-0.2, -0.15) is 0 Å². The van der Waals surface area contributed by atoms with E-state index in [-0.39, 0.29) is 25.0 Å². The number of carbonyl (C=O) groups is 2. The first-order valence-corrected chi connectivity index (χ1v) is 11.2. The molecule has 0 aliphatic carbocycles. The molecule has 0 aromatic heterocycles. The predicted octanol–water partition coefficient (Wildman–Crippen LogP) is 5.26. The molecule has 2 rings (SSSR count). The minimum atomic E-state index is -0.668. The molecular weight excluding hydrogens is 435 g/mol. The van der Waals surface area contributed by atoms with Crippen molar-refractivity contribution >= 4 is 35.0 Å². The summed E-state index contributed by atoms with van der Waals surface area (Å²) in [6, 6.07) is 12.0. The van der Waals surface area contributed by atoms with Crippen LogP contribution in [0.5, 0.6) is 5.75 Å². The molecule has 0 bridgehead atoms. The topological polar surface area (TPSA) is 58.6 Å². The molecule has 2 aromatic carbocycles. The van der Waals surface area contributed by atoms with Crippen LogP contribution < -0.4 is 10.1 Å². The Morgan fingerprint density at radius 3 is 2.29 bits per heavy atom. The molecule has 0 saturated carbocycles. The number of benzene rings is 2. The third-order valence-corrected chi connectivity index (χ3v) is 5.61. The van der Waals surface area contributed by atoms with Crippen molar-refractivity contribution in [3.05, 3.63) is 63.6 Å². The van der Waals surface area contributed by atoms with Gasteiger partial charge in [-0.1, -0.05) is 68.2 Å². The molecule has 0 heterocycles. The van der Waals surface area contributed by atoms with Crippen molar-refractivity contribution in [2.75, 3.05) is 13.2 Å². The lowest BCUT2D eigenvalue weighted by molar-refractivity contribution is -0.143. The van der Waals surface area contributed by atoms with E-state index in [0.717, 1.165) is 5.56 Å². The van der Waals surface area contributed by atoms with Crippen LogP contribution in [-0.2, 0) is 16.1 Å². The van der Waals surface area contributed by atoms with Crippen LogP contribution in [0.2, 0.25) is 10.0 Å². The van der Waals surface area contributed by atoms with Gasteiger partial charge in [0.1, 0.15) is 11.8 Å². The Kier molecular flexibility index (Phi) is 9.66. The van der Waals surface area contributed by atoms with Gasteiger partial charge < -0.3 is 15.0 Å². The third-order valence-electron chi connectivity index (χ3n) is 4.91. The van der Waals surface area contributed by atoms with Crippen LogP contribution in [0.3, 0.4) is 0 Å². The van der Waals surface area contributed by atoms with Gasteiger partial charge in [-0.05, 0) is 43.0 Å². The SMILES string of the molecule is CC[C@@H](C(=O)NCC(C)C)N(Cc1c(Cl)cccc1Cl)C(=O)COc1ccccc1C. The molecule has 5 nitrogen and oxygen atoms in total. The molecule has 0 fully saturated rings. The first-order chi connectivity index (χ1) is 14.7. The van der Waals surface area contributed by atoms with Crippen molar-refractivity contribution in [3.63, 3.8) is 0 Å². The van der Waals surface area contributed by atoms with Crippen LogP contribution in [0.15, 0.2) is 42.5 Å². The average Bonchev–Trinajstić information content (AvgIpc) is 2.73. The lowest BCUT2D eigenvalue weighted by Gasteiger charge is -2.31. The van der Waals surface area contributed by atoms with Crippen LogP contribution in [0.25, 0.3) is 0 Å². The number of carbonyl (C=O) groups excluding carboxylic acids is 2. The van der Waals surface area contributed by atoms with Gasteiger partial charge in [-0.25, -0.2) is 0 Å². The minimum Gasteiger partial charge on any atom is -0.484 e. The van der Waals surface area contributed by atoms with Crippen LogP contribution in [0.4, 0.5) is 0 Å². The van der Waals surface area contributed by atoms with Gasteiger partial charge in [0, 0.05) is 28.7 Å². The predicted molar refractivity (Wildman–Crippen MR) is 126 cm³/mol. The summed E-state index contributed by atoms with van der Waals surface area (Å²) in [4.78, 5) is 27.6. The molecule has 1 N–H and O–H groups in total. The number of nitrogens with zero attached hydrogens (tertiary/aromatic N) is 1. The lowest BCUT2D eigenvalue weighted by Crippen LogP contribution is -2.50. The number of hydrogen-bond acceptors (Lipinski definition) is 3. The van der Waals surface area contributed by atoms with Crippen molar-refractivity contribution < 1.29 is 14.3 Å². The molecule has 7 heteroatoms. The Labute approximate surface area is 194 Å². The normalized spacial score (nSPS) is 11.8. The fourth-order valence-electron chi connectivity index (χ4n) is 3.14. The Morgan fingerprint density at radius 1 is 1.06 bits per heavy atom. The first-order valence-electron chi connectivity index (χ1n) is 10.4. The summed E-state index contributed by atoms with van der Waals surface area (Å²) in [7, 11) is 0. The Bertz CT molecular complexity index is 882. The van der Waals surface area contributed by atoms with Crippen molar-refractivity contribution in [2.24, 2.45) is 5.92 Å². The monoisotopic (exact) mass is 464 g/mol. The maximum absolute atomic E-state index is 13.2. The second-order valence-electron chi connectivity index (χ2n) is 7.84. The van der Waals surface area contributed by atoms with Crippen LogP contribution in [0.1, 0.15) is 38.3 Å². The number of nitrogens with one attached hydrogen (secondary N) is 1. The molecule has 2 aromatic rings. The van der Waals surface area contributed by atoms with E-state index in [1.807, 2.05) is 52.0 Å². The summed E-state index contributed by atoms with van der Waals surface area (Å²) in [6.07, 6.45) is 0.447. The zero-order chi connectivity index (χ0) is 23.0. The highest BCUT2D eigenvalue weighted by molar-refractivity contribution is 6.36. The van der Waals surface area contributed by atoms with Gasteiger partial charge in [0.2, 0.25) is 5.91 Å². The zero-order valence-corrected chi connectivity index (χ0v) is 20.0. The molecule has 0 aliphatic rings. The number of halogens is 2. The number of para-hydroxylation sites is 1. The zero-order valence-electron chi connectivity index (χ0n) is 18.5. The number of rotatable bonds is 10. The van der Waals surface area contributed by atoms with E-state index in [9.17, 15) is 9.59 Å². The average molecular weight is 465 g/mol. The van der Waals surface area contributed by atoms with Gasteiger partial charge in [-0.15, -0.1) is 0 Å². The maximum atomic E-state index is 13.2. The van der Waals surface area contributed by atoms with Gasteiger partial charge in [0.25, 0.3) is 5.91 Å². The van der Waals surface area contributed by atoms with E-state index < -0.39 is 6.04 Å². The van der Waals surface area contributed by atoms with E-state index in [4.69, 9.17) is 27.9 Å². The van der Waals surface area contributed by atoms with Crippen LogP contribution in [-0.4, -0.2) is 35.9 Å². The second-order valence-corrected chi connectivity index (χ2v) is 8.65. The lowest BCUT2D eigenvalue weighted by atomic mass is 10.1. The van der Waals surface area contributed by atoms with Gasteiger partial charge in [0.15, 0.2) is 6.61 Å². The van der Waals surface area contributed by atoms with E-state index >= 15 is 0 Å².